The van der Waals surface area contributed by atoms with Crippen LogP contribution in [0.4, 0.5) is 0 Å². The molecule has 1 saturated carbocycles. The molecule has 0 aromatic rings. The second-order valence-electron chi connectivity index (χ2n) is 2.88. The van der Waals surface area contributed by atoms with Crippen LogP contribution < -0.4 is 0 Å². The Labute approximate surface area is 71.5 Å². The molecular weight excluding hydrogens is 160 g/mol. The number of hydrogen-bond donors (Lipinski definition) is 1. The van der Waals surface area contributed by atoms with Crippen LogP contribution in [0.1, 0.15) is 13.3 Å². The van der Waals surface area contributed by atoms with E-state index in [2.05, 4.69) is 4.74 Å². The molecule has 1 aliphatic rings. The number of aliphatic hydroxyl groups is 1. The Morgan fingerprint density at radius 2 is 2.42 bits per heavy atom. The van der Waals surface area contributed by atoms with Gasteiger partial charge in [0, 0.05) is 12.5 Å². The van der Waals surface area contributed by atoms with Crippen LogP contribution in [-0.2, 0) is 14.3 Å². The minimum Gasteiger partial charge on any atom is -0.469 e. The summed E-state index contributed by atoms with van der Waals surface area (Å²) in [6.07, 6.45) is -0.132. The smallest absolute Gasteiger partial charge is 0.309 e. The molecule has 0 radical (unpaired) electrons. The standard InChI is InChI=1S/C8H14O4/c1-3-12-8(10)6-4-5(6)7(9)11-2/h5-6,8,10H,3-4H2,1-2H3/t5-,6-,8?/m0/s1. The van der Waals surface area contributed by atoms with Crippen molar-refractivity contribution in [1.29, 1.82) is 0 Å². The molecule has 0 aliphatic heterocycles. The number of rotatable bonds is 4. The monoisotopic (exact) mass is 174 g/mol. The minimum atomic E-state index is -0.806. The van der Waals surface area contributed by atoms with Crippen molar-refractivity contribution in [2.45, 2.75) is 19.6 Å². The molecule has 0 spiro atoms. The quantitative estimate of drug-likeness (QED) is 0.487. The first-order valence-corrected chi connectivity index (χ1v) is 4.08. The van der Waals surface area contributed by atoms with Gasteiger partial charge in [-0.2, -0.15) is 0 Å². The SMILES string of the molecule is CCOC(O)[C@H]1C[C@@H]1C(=O)OC. The van der Waals surface area contributed by atoms with Crippen LogP contribution in [0, 0.1) is 11.8 Å². The molecule has 12 heavy (non-hydrogen) atoms. The van der Waals surface area contributed by atoms with Gasteiger partial charge in [0.25, 0.3) is 0 Å². The molecular formula is C8H14O4. The Bertz CT molecular complexity index is 168. The summed E-state index contributed by atoms with van der Waals surface area (Å²) < 4.78 is 9.47. The summed E-state index contributed by atoms with van der Waals surface area (Å²) in [5.74, 6) is -0.465. The summed E-state index contributed by atoms with van der Waals surface area (Å²) in [7, 11) is 1.35. The molecule has 1 N–H and O–H groups in total. The van der Waals surface area contributed by atoms with Crippen molar-refractivity contribution in [2.24, 2.45) is 11.8 Å². The molecule has 1 unspecified atom stereocenters. The number of ether oxygens (including phenoxy) is 2. The van der Waals surface area contributed by atoms with Crippen LogP contribution in [0.15, 0.2) is 0 Å². The lowest BCUT2D eigenvalue weighted by atomic mass is 10.3. The van der Waals surface area contributed by atoms with Gasteiger partial charge in [0.05, 0.1) is 13.0 Å². The molecule has 4 nitrogen and oxygen atoms in total. The predicted octanol–water partition coefficient (Wildman–Crippen LogP) is 0.150. The minimum absolute atomic E-state index is 0.0580. The van der Waals surface area contributed by atoms with Crippen LogP contribution in [0.25, 0.3) is 0 Å². The molecule has 0 heterocycles. The van der Waals surface area contributed by atoms with Gasteiger partial charge in [0.2, 0.25) is 0 Å². The second kappa shape index (κ2) is 3.87. The zero-order chi connectivity index (χ0) is 9.14. The van der Waals surface area contributed by atoms with E-state index in [-0.39, 0.29) is 17.8 Å². The van der Waals surface area contributed by atoms with Crippen molar-refractivity contribution in [2.75, 3.05) is 13.7 Å². The Balaban J connectivity index is 2.27. The number of hydrogen-bond acceptors (Lipinski definition) is 4. The van der Waals surface area contributed by atoms with Gasteiger partial charge in [0.1, 0.15) is 0 Å². The van der Waals surface area contributed by atoms with Crippen molar-refractivity contribution in [1.82, 2.24) is 0 Å². The van der Waals surface area contributed by atoms with E-state index < -0.39 is 6.29 Å². The summed E-state index contributed by atoms with van der Waals surface area (Å²) in [5.41, 5.74) is 0. The first-order chi connectivity index (χ1) is 5.70. The fraction of sp³-hybridized carbons (Fsp3) is 0.875. The van der Waals surface area contributed by atoms with Gasteiger partial charge in [-0.15, -0.1) is 0 Å². The van der Waals surface area contributed by atoms with E-state index in [0.29, 0.717) is 13.0 Å². The molecule has 0 amide bonds. The molecule has 0 aromatic heterocycles. The van der Waals surface area contributed by atoms with Gasteiger partial charge < -0.3 is 14.6 Å². The van der Waals surface area contributed by atoms with E-state index >= 15 is 0 Å². The van der Waals surface area contributed by atoms with Crippen molar-refractivity contribution in [3.8, 4) is 0 Å². The molecule has 0 saturated heterocycles. The lowest BCUT2D eigenvalue weighted by Crippen LogP contribution is -2.17. The topological polar surface area (TPSA) is 55.8 Å². The third-order valence-electron chi connectivity index (χ3n) is 2.05. The number of esters is 1. The van der Waals surface area contributed by atoms with E-state index in [1.807, 2.05) is 0 Å². The van der Waals surface area contributed by atoms with Crippen molar-refractivity contribution < 1.29 is 19.4 Å². The number of carbonyl (C=O) groups excluding carboxylic acids is 1. The normalized spacial score (nSPS) is 29.6. The van der Waals surface area contributed by atoms with Crippen LogP contribution >= 0.6 is 0 Å². The maximum atomic E-state index is 10.9. The first-order valence-electron chi connectivity index (χ1n) is 4.08. The van der Waals surface area contributed by atoms with Gasteiger partial charge in [-0.1, -0.05) is 0 Å². The zero-order valence-corrected chi connectivity index (χ0v) is 7.32. The highest BCUT2D eigenvalue weighted by Gasteiger charge is 2.48. The van der Waals surface area contributed by atoms with Crippen LogP contribution in [0.3, 0.4) is 0 Å². The Morgan fingerprint density at radius 3 is 2.92 bits per heavy atom. The molecule has 4 heteroatoms. The summed E-state index contributed by atoms with van der Waals surface area (Å²) in [6.45, 7) is 2.27. The zero-order valence-electron chi connectivity index (χ0n) is 7.32. The van der Waals surface area contributed by atoms with Gasteiger partial charge in [-0.25, -0.2) is 0 Å². The lowest BCUT2D eigenvalue weighted by molar-refractivity contribution is -0.147. The van der Waals surface area contributed by atoms with E-state index in [1.165, 1.54) is 7.11 Å². The predicted molar refractivity (Wildman–Crippen MR) is 41.2 cm³/mol. The fourth-order valence-corrected chi connectivity index (χ4v) is 1.25. The maximum Gasteiger partial charge on any atom is 0.309 e. The second-order valence-corrected chi connectivity index (χ2v) is 2.88. The molecule has 1 fully saturated rings. The summed E-state index contributed by atoms with van der Waals surface area (Å²) in [5, 5.41) is 9.27. The van der Waals surface area contributed by atoms with E-state index in [0.717, 1.165) is 0 Å². The average Bonchev–Trinajstić information content (AvgIpc) is 2.82. The van der Waals surface area contributed by atoms with Gasteiger partial charge in [-0.05, 0) is 13.3 Å². The number of methoxy groups -OCH3 is 1. The maximum absolute atomic E-state index is 10.9. The Kier molecular flexibility index (Phi) is 3.05. The molecule has 3 atom stereocenters. The first kappa shape index (κ1) is 9.48. The van der Waals surface area contributed by atoms with Gasteiger partial charge >= 0.3 is 5.97 Å². The highest BCUT2D eigenvalue weighted by Crippen LogP contribution is 2.42. The third-order valence-corrected chi connectivity index (χ3v) is 2.05. The molecule has 1 aliphatic carbocycles. The molecule has 70 valence electrons. The van der Waals surface area contributed by atoms with E-state index in [9.17, 15) is 9.90 Å². The molecule has 0 bridgehead atoms. The Hall–Kier alpha value is -0.610. The average molecular weight is 174 g/mol. The lowest BCUT2D eigenvalue weighted by Gasteiger charge is -2.08. The summed E-state index contributed by atoms with van der Waals surface area (Å²) >= 11 is 0. The van der Waals surface area contributed by atoms with Crippen molar-refractivity contribution in [3.63, 3.8) is 0 Å². The van der Waals surface area contributed by atoms with E-state index in [4.69, 9.17) is 4.74 Å². The summed E-state index contributed by atoms with van der Waals surface area (Å²) in [4.78, 5) is 10.9. The van der Waals surface area contributed by atoms with Crippen LogP contribution in [0.5, 0.6) is 0 Å². The van der Waals surface area contributed by atoms with Gasteiger partial charge in [-0.3, -0.25) is 4.79 Å². The van der Waals surface area contributed by atoms with Crippen LogP contribution in [0.2, 0.25) is 0 Å². The number of aliphatic hydroxyl groups excluding tert-OH is 1. The summed E-state index contributed by atoms with van der Waals surface area (Å²) in [6, 6.07) is 0. The molecule has 0 aromatic carbocycles. The number of carbonyl (C=O) groups is 1. The van der Waals surface area contributed by atoms with Crippen molar-refractivity contribution >= 4 is 5.97 Å². The van der Waals surface area contributed by atoms with E-state index in [1.54, 1.807) is 6.92 Å². The van der Waals surface area contributed by atoms with Crippen LogP contribution in [-0.4, -0.2) is 31.1 Å². The largest absolute Gasteiger partial charge is 0.469 e. The third kappa shape index (κ3) is 1.95. The highest BCUT2D eigenvalue weighted by molar-refractivity contribution is 5.75. The highest BCUT2D eigenvalue weighted by atomic mass is 16.6. The molecule has 1 rings (SSSR count). The van der Waals surface area contributed by atoms with Crippen molar-refractivity contribution in [3.05, 3.63) is 0 Å². The Morgan fingerprint density at radius 1 is 1.75 bits per heavy atom. The fourth-order valence-electron chi connectivity index (χ4n) is 1.25. The van der Waals surface area contributed by atoms with Gasteiger partial charge in [0.15, 0.2) is 6.29 Å².